The molecule has 0 amide bonds. The van der Waals surface area contributed by atoms with Crippen LogP contribution in [0, 0.1) is 6.92 Å². The summed E-state index contributed by atoms with van der Waals surface area (Å²) in [4.78, 5) is 27.5. The summed E-state index contributed by atoms with van der Waals surface area (Å²) in [6.07, 6.45) is 2.99. The average molecular weight is 330 g/mol. The van der Waals surface area contributed by atoms with Crippen LogP contribution in [0.25, 0.3) is 33.5 Å². The van der Waals surface area contributed by atoms with Crippen molar-refractivity contribution in [1.29, 1.82) is 0 Å². The molecule has 0 radical (unpaired) electrons. The zero-order valence-corrected chi connectivity index (χ0v) is 13.4. The monoisotopic (exact) mass is 330 g/mol. The van der Waals surface area contributed by atoms with E-state index in [0.29, 0.717) is 0 Å². The van der Waals surface area contributed by atoms with Crippen molar-refractivity contribution in [2.24, 2.45) is 0 Å². The molecule has 0 aliphatic rings. The molecule has 0 aliphatic carbocycles. The van der Waals surface area contributed by atoms with Gasteiger partial charge in [-0.1, -0.05) is 12.1 Å². The van der Waals surface area contributed by atoms with Gasteiger partial charge in [0.05, 0.1) is 34.5 Å². The number of carboxylic acid groups (broad SMARTS) is 1. The molecule has 4 aromatic rings. The van der Waals surface area contributed by atoms with Gasteiger partial charge in [0.2, 0.25) is 0 Å². The Bertz CT molecular complexity index is 1100. The second-order valence-corrected chi connectivity index (χ2v) is 5.73. The highest BCUT2D eigenvalue weighted by Gasteiger charge is 2.13. The molecule has 1 aromatic carbocycles. The number of carbonyl (C=O) groups is 1. The number of aromatic carboxylic acids is 1. The summed E-state index contributed by atoms with van der Waals surface area (Å²) in [5.41, 5.74) is 5.09. The fourth-order valence-electron chi connectivity index (χ4n) is 2.79. The number of carboxylic acids is 1. The third-order valence-corrected chi connectivity index (χ3v) is 3.99. The Morgan fingerprint density at radius 3 is 2.80 bits per heavy atom. The van der Waals surface area contributed by atoms with Gasteiger partial charge in [-0.2, -0.15) is 0 Å². The molecule has 0 aliphatic heterocycles. The first kappa shape index (κ1) is 15.0. The SMILES string of the molecule is Cc1cccc(-c2[nH]cnc2-c2ccc3ncc(C(=O)O)cc3c2)n1. The van der Waals surface area contributed by atoms with Crippen molar-refractivity contribution in [1.82, 2.24) is 19.9 Å². The molecule has 122 valence electrons. The van der Waals surface area contributed by atoms with E-state index in [9.17, 15) is 4.79 Å². The number of aryl methyl sites for hydroxylation is 1. The van der Waals surface area contributed by atoms with Crippen LogP contribution in [-0.2, 0) is 0 Å². The maximum atomic E-state index is 11.2. The summed E-state index contributed by atoms with van der Waals surface area (Å²) >= 11 is 0. The van der Waals surface area contributed by atoms with Gasteiger partial charge >= 0.3 is 5.97 Å². The number of rotatable bonds is 3. The van der Waals surface area contributed by atoms with Crippen LogP contribution in [0.1, 0.15) is 16.1 Å². The quantitative estimate of drug-likeness (QED) is 0.597. The number of nitrogens with zero attached hydrogens (tertiary/aromatic N) is 3. The number of pyridine rings is 2. The van der Waals surface area contributed by atoms with Crippen LogP contribution >= 0.6 is 0 Å². The molecule has 0 bridgehead atoms. The summed E-state index contributed by atoms with van der Waals surface area (Å²) < 4.78 is 0. The lowest BCUT2D eigenvalue weighted by molar-refractivity contribution is 0.0696. The first-order valence-electron chi connectivity index (χ1n) is 7.73. The van der Waals surface area contributed by atoms with Crippen LogP contribution in [0.3, 0.4) is 0 Å². The molecule has 4 rings (SSSR count). The Balaban J connectivity index is 1.85. The number of hydrogen-bond donors (Lipinski definition) is 2. The van der Waals surface area contributed by atoms with Crippen LogP contribution in [0.5, 0.6) is 0 Å². The highest BCUT2D eigenvalue weighted by molar-refractivity contribution is 5.94. The van der Waals surface area contributed by atoms with Gasteiger partial charge in [-0.15, -0.1) is 0 Å². The second kappa shape index (κ2) is 5.83. The molecule has 3 aromatic heterocycles. The van der Waals surface area contributed by atoms with Crippen molar-refractivity contribution in [2.75, 3.05) is 0 Å². The van der Waals surface area contributed by atoms with Crippen LogP contribution in [0.4, 0.5) is 0 Å². The Morgan fingerprint density at radius 1 is 1.12 bits per heavy atom. The van der Waals surface area contributed by atoms with Gasteiger partial charge in [0.1, 0.15) is 0 Å². The van der Waals surface area contributed by atoms with E-state index < -0.39 is 5.97 Å². The minimum absolute atomic E-state index is 0.159. The highest BCUT2D eigenvalue weighted by Crippen LogP contribution is 2.30. The predicted octanol–water partition coefficient (Wildman–Crippen LogP) is 3.69. The van der Waals surface area contributed by atoms with Crippen molar-refractivity contribution in [3.8, 4) is 22.6 Å². The minimum atomic E-state index is -0.996. The number of aromatic nitrogens is 4. The van der Waals surface area contributed by atoms with Crippen LogP contribution < -0.4 is 0 Å². The molecule has 25 heavy (non-hydrogen) atoms. The molecular weight excluding hydrogens is 316 g/mol. The minimum Gasteiger partial charge on any atom is -0.478 e. The fraction of sp³-hybridized carbons (Fsp3) is 0.0526. The molecule has 6 nitrogen and oxygen atoms in total. The Hall–Kier alpha value is -3.54. The zero-order chi connectivity index (χ0) is 17.4. The van der Waals surface area contributed by atoms with E-state index in [2.05, 4.69) is 19.9 Å². The second-order valence-electron chi connectivity index (χ2n) is 5.73. The molecule has 6 heteroatoms. The molecule has 2 N–H and O–H groups in total. The van der Waals surface area contributed by atoms with Crippen molar-refractivity contribution >= 4 is 16.9 Å². The molecule has 0 fully saturated rings. The van der Waals surface area contributed by atoms with E-state index in [-0.39, 0.29) is 5.56 Å². The molecule has 0 saturated heterocycles. The van der Waals surface area contributed by atoms with Gasteiger partial charge in [-0.3, -0.25) is 9.97 Å². The number of aromatic amines is 1. The highest BCUT2D eigenvalue weighted by atomic mass is 16.4. The lowest BCUT2D eigenvalue weighted by atomic mass is 10.0. The van der Waals surface area contributed by atoms with E-state index in [1.54, 1.807) is 12.4 Å². The summed E-state index contributed by atoms with van der Waals surface area (Å²) in [5.74, 6) is -0.996. The number of hydrogen-bond acceptors (Lipinski definition) is 4. The Kier molecular flexibility index (Phi) is 3.50. The fourth-order valence-corrected chi connectivity index (χ4v) is 2.79. The molecular formula is C19H14N4O2. The van der Waals surface area contributed by atoms with Gasteiger partial charge < -0.3 is 10.1 Å². The van der Waals surface area contributed by atoms with Crippen molar-refractivity contribution in [2.45, 2.75) is 6.92 Å². The van der Waals surface area contributed by atoms with Gasteiger partial charge in [0.25, 0.3) is 0 Å². The lowest BCUT2D eigenvalue weighted by Crippen LogP contribution is -1.97. The first-order chi connectivity index (χ1) is 12.1. The third kappa shape index (κ3) is 2.74. The standard InChI is InChI=1S/C19H14N4O2/c1-11-3-2-4-16(23-11)18-17(21-10-22-18)12-5-6-15-13(7-12)8-14(9-20-15)19(24)25/h2-10H,1H3,(H,21,22)(H,24,25). The normalized spacial score (nSPS) is 10.9. The van der Waals surface area contributed by atoms with Crippen molar-refractivity contribution < 1.29 is 9.90 Å². The largest absolute Gasteiger partial charge is 0.478 e. The topological polar surface area (TPSA) is 91.8 Å². The number of fused-ring (bicyclic) bond motifs is 1. The summed E-state index contributed by atoms with van der Waals surface area (Å²) in [5, 5.41) is 9.90. The molecule has 0 atom stereocenters. The Labute approximate surface area is 143 Å². The van der Waals surface area contributed by atoms with E-state index in [1.165, 1.54) is 6.20 Å². The number of benzene rings is 1. The predicted molar refractivity (Wildman–Crippen MR) is 94.3 cm³/mol. The van der Waals surface area contributed by atoms with Crippen molar-refractivity contribution in [3.05, 3.63) is 66.2 Å². The molecule has 0 unspecified atom stereocenters. The smallest absolute Gasteiger partial charge is 0.337 e. The summed E-state index contributed by atoms with van der Waals surface area (Å²) in [6, 6.07) is 13.1. The average Bonchev–Trinajstić information content (AvgIpc) is 3.10. The van der Waals surface area contributed by atoms with Crippen LogP contribution in [-0.4, -0.2) is 31.0 Å². The van der Waals surface area contributed by atoms with Gasteiger partial charge in [-0.25, -0.2) is 9.78 Å². The lowest BCUT2D eigenvalue weighted by Gasteiger charge is -2.06. The summed E-state index contributed by atoms with van der Waals surface area (Å²) in [7, 11) is 0. The van der Waals surface area contributed by atoms with Crippen LogP contribution in [0.2, 0.25) is 0 Å². The van der Waals surface area contributed by atoms with Crippen LogP contribution in [0.15, 0.2) is 55.0 Å². The third-order valence-electron chi connectivity index (χ3n) is 3.99. The van der Waals surface area contributed by atoms with E-state index in [0.717, 1.165) is 39.2 Å². The maximum Gasteiger partial charge on any atom is 0.337 e. The first-order valence-corrected chi connectivity index (χ1v) is 7.73. The van der Waals surface area contributed by atoms with Gasteiger partial charge in [0.15, 0.2) is 0 Å². The number of imidazole rings is 1. The van der Waals surface area contributed by atoms with Gasteiger partial charge in [-0.05, 0) is 37.3 Å². The molecule has 0 saturated carbocycles. The number of H-pyrrole nitrogens is 1. The summed E-state index contributed by atoms with van der Waals surface area (Å²) in [6.45, 7) is 1.94. The zero-order valence-electron chi connectivity index (χ0n) is 13.4. The van der Waals surface area contributed by atoms with Crippen molar-refractivity contribution in [3.63, 3.8) is 0 Å². The van der Waals surface area contributed by atoms with E-state index >= 15 is 0 Å². The van der Waals surface area contributed by atoms with E-state index in [1.807, 2.05) is 43.3 Å². The van der Waals surface area contributed by atoms with Gasteiger partial charge in [0, 0.05) is 22.8 Å². The molecule has 0 spiro atoms. The maximum absolute atomic E-state index is 11.2. The number of nitrogens with one attached hydrogen (secondary N) is 1. The Morgan fingerprint density at radius 2 is 2.00 bits per heavy atom. The molecule has 3 heterocycles. The van der Waals surface area contributed by atoms with E-state index in [4.69, 9.17) is 5.11 Å².